The largest absolute Gasteiger partial charge is 1.00 e. The fraction of sp³-hybridized carbons (Fsp3) is 0.409. The summed E-state index contributed by atoms with van der Waals surface area (Å²) in [5, 5.41) is 0. The summed E-state index contributed by atoms with van der Waals surface area (Å²) in [6.45, 7) is 2.47. The maximum absolute atomic E-state index is 5.52. The lowest BCUT2D eigenvalue weighted by Gasteiger charge is -2.26. The van der Waals surface area contributed by atoms with Crippen LogP contribution in [0, 0.1) is 0 Å². The summed E-state index contributed by atoms with van der Waals surface area (Å²) in [4.78, 5) is 0. The second-order valence-electron chi connectivity index (χ2n) is 6.99. The molecule has 132 valence electrons. The lowest BCUT2D eigenvalue weighted by molar-refractivity contribution is -0.509. The average molecular weight is 400 g/mol. The van der Waals surface area contributed by atoms with Crippen LogP contribution in [0.15, 0.2) is 48.5 Å². The van der Waals surface area contributed by atoms with Gasteiger partial charge in [-0.1, -0.05) is 36.4 Å². The van der Waals surface area contributed by atoms with Crippen LogP contribution in [0.5, 0.6) is 5.75 Å². The molecule has 0 spiro atoms. The van der Waals surface area contributed by atoms with Gasteiger partial charge in [-0.3, -0.25) is 0 Å². The second kappa shape index (κ2) is 8.18. The molecule has 25 heavy (non-hydrogen) atoms. The minimum Gasteiger partial charge on any atom is -1.00 e. The van der Waals surface area contributed by atoms with Gasteiger partial charge in [0, 0.05) is 19.3 Å². The van der Waals surface area contributed by atoms with E-state index in [0.717, 1.165) is 18.6 Å². The molecule has 0 radical (unpaired) electrons. The summed E-state index contributed by atoms with van der Waals surface area (Å²) in [5.74, 6) is 1.47. The van der Waals surface area contributed by atoms with Crippen LogP contribution in [-0.2, 0) is 12.8 Å². The second-order valence-corrected chi connectivity index (χ2v) is 6.99. The van der Waals surface area contributed by atoms with E-state index in [1.165, 1.54) is 49.0 Å². The molecule has 3 heteroatoms. The SMILES string of the molecule is COc1ccc2c(c1)C(Cc1ccccc1)C(=[N+]1CCCC1)CC2.[Br-]. The highest BCUT2D eigenvalue weighted by atomic mass is 79.9. The minimum atomic E-state index is 0. The molecule has 0 saturated carbocycles. The number of nitrogens with zero attached hydrogens (tertiary/aromatic N) is 1. The van der Waals surface area contributed by atoms with Gasteiger partial charge in [-0.2, -0.15) is 0 Å². The summed E-state index contributed by atoms with van der Waals surface area (Å²) in [6.07, 6.45) is 6.14. The molecule has 0 N–H and O–H groups in total. The molecule has 2 aromatic rings. The number of rotatable bonds is 3. The van der Waals surface area contributed by atoms with Crippen LogP contribution in [0.2, 0.25) is 0 Å². The fourth-order valence-corrected chi connectivity index (χ4v) is 4.33. The Bertz CT molecular complexity index is 746. The van der Waals surface area contributed by atoms with Crippen LogP contribution in [0.25, 0.3) is 0 Å². The molecule has 1 heterocycles. The fourth-order valence-electron chi connectivity index (χ4n) is 4.33. The van der Waals surface area contributed by atoms with Crippen LogP contribution in [-0.4, -0.2) is 30.5 Å². The first kappa shape index (κ1) is 18.2. The van der Waals surface area contributed by atoms with Crippen LogP contribution >= 0.6 is 0 Å². The normalized spacial score (nSPS) is 19.3. The van der Waals surface area contributed by atoms with E-state index >= 15 is 0 Å². The Kier molecular flexibility index (Phi) is 5.95. The highest BCUT2D eigenvalue weighted by Crippen LogP contribution is 2.35. The van der Waals surface area contributed by atoms with Gasteiger partial charge in [0.25, 0.3) is 0 Å². The summed E-state index contributed by atoms with van der Waals surface area (Å²) in [7, 11) is 1.77. The number of benzene rings is 2. The molecule has 1 fully saturated rings. The number of methoxy groups -OCH3 is 1. The molecule has 1 unspecified atom stereocenters. The molecule has 2 aromatic carbocycles. The lowest BCUT2D eigenvalue weighted by atomic mass is 9.77. The van der Waals surface area contributed by atoms with Crippen molar-refractivity contribution in [1.82, 2.24) is 0 Å². The first-order chi connectivity index (χ1) is 11.8. The monoisotopic (exact) mass is 399 g/mol. The predicted molar refractivity (Wildman–Crippen MR) is 98.4 cm³/mol. The van der Waals surface area contributed by atoms with E-state index in [1.54, 1.807) is 12.8 Å². The Morgan fingerprint density at radius 3 is 2.48 bits per heavy atom. The van der Waals surface area contributed by atoms with E-state index in [0.29, 0.717) is 5.92 Å². The first-order valence-corrected chi connectivity index (χ1v) is 9.16. The molecule has 1 atom stereocenters. The quantitative estimate of drug-likeness (QED) is 0.706. The van der Waals surface area contributed by atoms with Gasteiger partial charge in [-0.25, -0.2) is 4.58 Å². The Labute approximate surface area is 161 Å². The van der Waals surface area contributed by atoms with Gasteiger partial charge in [0.1, 0.15) is 18.8 Å². The Hall–Kier alpha value is -1.61. The van der Waals surface area contributed by atoms with Gasteiger partial charge in [-0.15, -0.1) is 0 Å². The number of ether oxygens (including phenoxy) is 1. The van der Waals surface area contributed by atoms with Crippen molar-refractivity contribution in [3.8, 4) is 5.75 Å². The molecule has 1 aliphatic carbocycles. The van der Waals surface area contributed by atoms with Crippen molar-refractivity contribution in [3.05, 3.63) is 65.2 Å². The number of aryl methyl sites for hydroxylation is 1. The highest BCUT2D eigenvalue weighted by molar-refractivity contribution is 5.89. The Morgan fingerprint density at radius 2 is 1.76 bits per heavy atom. The van der Waals surface area contributed by atoms with Crippen molar-refractivity contribution in [3.63, 3.8) is 0 Å². The van der Waals surface area contributed by atoms with E-state index in [2.05, 4.69) is 53.1 Å². The van der Waals surface area contributed by atoms with Crippen molar-refractivity contribution in [2.45, 2.75) is 38.0 Å². The van der Waals surface area contributed by atoms with Crippen molar-refractivity contribution in [2.24, 2.45) is 0 Å². The molecular weight excluding hydrogens is 374 g/mol. The van der Waals surface area contributed by atoms with Crippen LogP contribution < -0.4 is 21.7 Å². The van der Waals surface area contributed by atoms with Crippen molar-refractivity contribution in [2.75, 3.05) is 20.2 Å². The number of fused-ring (bicyclic) bond motifs is 1. The summed E-state index contributed by atoms with van der Waals surface area (Å²) < 4.78 is 8.18. The van der Waals surface area contributed by atoms with Gasteiger partial charge in [0.05, 0.1) is 13.0 Å². The molecule has 1 saturated heterocycles. The number of hydrogen-bond donors (Lipinski definition) is 0. The highest BCUT2D eigenvalue weighted by Gasteiger charge is 2.33. The minimum absolute atomic E-state index is 0. The van der Waals surface area contributed by atoms with E-state index in [-0.39, 0.29) is 17.0 Å². The molecule has 0 aromatic heterocycles. The Balaban J connectivity index is 0.00000182. The van der Waals surface area contributed by atoms with Gasteiger partial charge in [0.2, 0.25) is 0 Å². The molecule has 4 rings (SSSR count). The van der Waals surface area contributed by atoms with Crippen molar-refractivity contribution in [1.29, 1.82) is 0 Å². The molecule has 0 amide bonds. The van der Waals surface area contributed by atoms with Crippen LogP contribution in [0.3, 0.4) is 0 Å². The maximum Gasteiger partial charge on any atom is 0.160 e. The molecule has 0 bridgehead atoms. The molecule has 2 aliphatic rings. The summed E-state index contributed by atoms with van der Waals surface area (Å²) >= 11 is 0. The summed E-state index contributed by atoms with van der Waals surface area (Å²) in [5.41, 5.74) is 6.05. The van der Waals surface area contributed by atoms with Crippen LogP contribution in [0.4, 0.5) is 0 Å². The Morgan fingerprint density at radius 1 is 1.00 bits per heavy atom. The third kappa shape index (κ3) is 3.82. The number of hydrogen-bond acceptors (Lipinski definition) is 1. The van der Waals surface area contributed by atoms with E-state index in [4.69, 9.17) is 4.74 Å². The standard InChI is InChI=1S/C22H26NO.BrH/c1-24-19-11-9-18-10-12-22(23-13-5-6-14-23)21(20(18)16-19)15-17-7-3-2-4-8-17;/h2-4,7-9,11,16,21H,5-6,10,12-15H2,1H3;1H/q+1;/p-1. The van der Waals surface area contributed by atoms with Gasteiger partial charge >= 0.3 is 0 Å². The van der Waals surface area contributed by atoms with Gasteiger partial charge in [-0.05, 0) is 41.7 Å². The summed E-state index contributed by atoms with van der Waals surface area (Å²) in [6, 6.07) is 17.6. The van der Waals surface area contributed by atoms with Crippen molar-refractivity contribution >= 4 is 5.71 Å². The third-order valence-corrected chi connectivity index (χ3v) is 5.58. The van der Waals surface area contributed by atoms with Gasteiger partial charge in [0.15, 0.2) is 5.71 Å². The van der Waals surface area contributed by atoms with E-state index in [9.17, 15) is 0 Å². The third-order valence-electron chi connectivity index (χ3n) is 5.58. The average Bonchev–Trinajstić information content (AvgIpc) is 3.17. The van der Waals surface area contributed by atoms with E-state index < -0.39 is 0 Å². The van der Waals surface area contributed by atoms with E-state index in [1.807, 2.05) is 0 Å². The van der Waals surface area contributed by atoms with Crippen LogP contribution in [0.1, 0.15) is 41.9 Å². The predicted octanol–water partition coefficient (Wildman–Crippen LogP) is 1.22. The smallest absolute Gasteiger partial charge is 0.160 e. The van der Waals surface area contributed by atoms with Gasteiger partial charge < -0.3 is 21.7 Å². The zero-order chi connectivity index (χ0) is 16.4. The number of halogens is 1. The zero-order valence-electron chi connectivity index (χ0n) is 14.9. The van der Waals surface area contributed by atoms with Crippen molar-refractivity contribution < 1.29 is 26.3 Å². The first-order valence-electron chi connectivity index (χ1n) is 9.16. The maximum atomic E-state index is 5.52. The topological polar surface area (TPSA) is 12.2 Å². The molecular formula is C22H26BrNO. The lowest BCUT2D eigenvalue weighted by Crippen LogP contribution is -3.00. The molecule has 1 aliphatic heterocycles. The molecule has 2 nitrogen and oxygen atoms in total. The zero-order valence-corrected chi connectivity index (χ0v) is 16.5.